The third-order valence-corrected chi connectivity index (χ3v) is 7.56. The molecule has 0 aromatic heterocycles. The van der Waals surface area contributed by atoms with Crippen molar-refractivity contribution in [2.75, 3.05) is 35.6 Å². The number of nitrogen functional groups attached to an aromatic ring is 1. The highest BCUT2D eigenvalue weighted by Crippen LogP contribution is 2.39. The van der Waals surface area contributed by atoms with Gasteiger partial charge in [0.2, 0.25) is 5.91 Å². The quantitative estimate of drug-likeness (QED) is 0.152. The Bertz CT molecular complexity index is 1270. The lowest BCUT2D eigenvalue weighted by atomic mass is 9.92. The number of hydrogen-bond donors (Lipinski definition) is 3. The zero-order valence-corrected chi connectivity index (χ0v) is 22.4. The Balaban J connectivity index is 1.18. The van der Waals surface area contributed by atoms with Crippen LogP contribution in [0.1, 0.15) is 49.7 Å². The molecule has 1 aliphatic carbocycles. The van der Waals surface area contributed by atoms with Gasteiger partial charge in [-0.3, -0.25) is 14.9 Å². The molecule has 4 N–H and O–H groups in total. The molecule has 0 spiro atoms. The number of nitrogens with two attached hydrogens (primary N) is 1. The zero-order valence-electron chi connectivity index (χ0n) is 22.4. The fourth-order valence-corrected chi connectivity index (χ4v) is 5.35. The van der Waals surface area contributed by atoms with Crippen LogP contribution in [0.2, 0.25) is 0 Å². The zero-order chi connectivity index (χ0) is 30.7. The molecular formula is C27H31F6N5O4. The van der Waals surface area contributed by atoms with E-state index in [4.69, 9.17) is 10.5 Å². The molecule has 1 saturated carbocycles. The number of piperidine rings is 1. The van der Waals surface area contributed by atoms with Gasteiger partial charge in [0.15, 0.2) is 0 Å². The molecule has 0 atom stereocenters. The van der Waals surface area contributed by atoms with Crippen LogP contribution in [0, 0.1) is 10.1 Å². The monoisotopic (exact) mass is 603 g/mol. The van der Waals surface area contributed by atoms with E-state index in [2.05, 4.69) is 10.6 Å². The summed E-state index contributed by atoms with van der Waals surface area (Å²) in [5, 5.41) is 17.0. The molecular weight excluding hydrogens is 572 g/mol. The van der Waals surface area contributed by atoms with E-state index in [-0.39, 0.29) is 42.1 Å². The summed E-state index contributed by atoms with van der Waals surface area (Å²) in [4.78, 5) is 24.1. The number of halogens is 6. The number of nitrogens with zero attached hydrogens (tertiary/aromatic N) is 2. The second-order valence-electron chi connectivity index (χ2n) is 10.5. The summed E-state index contributed by atoms with van der Waals surface area (Å²) >= 11 is 0. The van der Waals surface area contributed by atoms with Crippen LogP contribution in [-0.4, -0.2) is 48.7 Å². The van der Waals surface area contributed by atoms with E-state index in [1.807, 2.05) is 0 Å². The predicted octanol–water partition coefficient (Wildman–Crippen LogP) is 5.74. The van der Waals surface area contributed by atoms with Gasteiger partial charge in [0, 0.05) is 48.3 Å². The Morgan fingerprint density at radius 2 is 1.57 bits per heavy atom. The number of benzene rings is 2. The minimum atomic E-state index is -4.86. The average molecular weight is 604 g/mol. The fraction of sp³-hybridized carbons (Fsp3) is 0.519. The maximum atomic E-state index is 13.3. The Kier molecular flexibility index (Phi) is 9.38. The number of anilines is 3. The molecule has 42 heavy (non-hydrogen) atoms. The normalized spacial score (nSPS) is 20.3. The highest BCUT2D eigenvalue weighted by atomic mass is 19.4. The second-order valence-corrected chi connectivity index (χ2v) is 10.5. The number of nitrogens with one attached hydrogen (secondary N) is 2. The number of amides is 1. The number of hydrogen-bond acceptors (Lipinski definition) is 7. The van der Waals surface area contributed by atoms with Crippen LogP contribution in [0.15, 0.2) is 36.4 Å². The van der Waals surface area contributed by atoms with Crippen molar-refractivity contribution >= 4 is 28.7 Å². The Morgan fingerprint density at radius 3 is 2.17 bits per heavy atom. The number of nitro benzene ring substituents is 1. The summed E-state index contributed by atoms with van der Waals surface area (Å²) in [6, 6.07) is 6.42. The molecule has 2 aromatic rings. The van der Waals surface area contributed by atoms with Gasteiger partial charge in [-0.2, -0.15) is 26.3 Å². The van der Waals surface area contributed by atoms with Crippen molar-refractivity contribution < 1.29 is 40.8 Å². The number of nitro groups is 1. The molecule has 1 aliphatic heterocycles. The summed E-state index contributed by atoms with van der Waals surface area (Å²) in [7, 11) is 0. The van der Waals surface area contributed by atoms with Gasteiger partial charge < -0.3 is 26.0 Å². The Hall–Kier alpha value is -3.75. The first-order valence-corrected chi connectivity index (χ1v) is 13.5. The first kappa shape index (κ1) is 31.2. The van der Waals surface area contributed by atoms with Crippen molar-refractivity contribution in [2.45, 2.75) is 69.1 Å². The van der Waals surface area contributed by atoms with Gasteiger partial charge in [0.1, 0.15) is 12.2 Å². The molecule has 230 valence electrons. The minimum absolute atomic E-state index is 0.0449. The number of ether oxygens (including phenoxy) is 1. The molecule has 15 heteroatoms. The largest absolute Gasteiger partial charge is 0.423 e. The minimum Gasteiger partial charge on any atom is -0.398 e. The lowest BCUT2D eigenvalue weighted by Crippen LogP contribution is -2.46. The maximum Gasteiger partial charge on any atom is 0.423 e. The first-order valence-electron chi connectivity index (χ1n) is 13.5. The highest BCUT2D eigenvalue weighted by molar-refractivity contribution is 5.77. The van der Waals surface area contributed by atoms with E-state index in [1.54, 1.807) is 4.90 Å². The van der Waals surface area contributed by atoms with Gasteiger partial charge in [-0.1, -0.05) is 0 Å². The third-order valence-electron chi connectivity index (χ3n) is 7.56. The molecule has 2 aromatic carbocycles. The molecule has 1 saturated heterocycles. The van der Waals surface area contributed by atoms with Gasteiger partial charge in [-0.25, -0.2) is 0 Å². The second kappa shape index (κ2) is 12.6. The molecule has 0 bridgehead atoms. The smallest absolute Gasteiger partial charge is 0.398 e. The van der Waals surface area contributed by atoms with Crippen molar-refractivity contribution in [3.63, 3.8) is 0 Å². The molecule has 2 aliphatic rings. The molecule has 4 rings (SSSR count). The maximum absolute atomic E-state index is 13.3. The van der Waals surface area contributed by atoms with Crippen LogP contribution in [0.5, 0.6) is 0 Å². The fourth-order valence-electron chi connectivity index (χ4n) is 5.35. The molecule has 2 fully saturated rings. The van der Waals surface area contributed by atoms with Crippen LogP contribution in [0.4, 0.5) is 49.1 Å². The molecule has 1 amide bonds. The van der Waals surface area contributed by atoms with Crippen molar-refractivity contribution in [1.82, 2.24) is 5.32 Å². The number of rotatable bonds is 8. The van der Waals surface area contributed by atoms with Gasteiger partial charge in [-0.15, -0.1) is 0 Å². The van der Waals surface area contributed by atoms with E-state index in [1.165, 1.54) is 18.2 Å². The summed E-state index contributed by atoms with van der Waals surface area (Å²) in [5.74, 6) is -0.315. The molecule has 1 heterocycles. The van der Waals surface area contributed by atoms with Crippen molar-refractivity contribution in [2.24, 2.45) is 0 Å². The standard InChI is InChI=1S/C27H31F6N5O4/c28-26(29,30)21-13-18(3-7-23(21)34)35-16-1-5-20(6-2-16)42-15-25(39)36-17-9-11-37(12-10-17)19-4-8-24(38(40)41)22(14-19)27(31,32)33/h3-4,7-8,13-14,16-17,20,35H,1-2,5-6,9-12,15,34H2,(H,36,39). The van der Waals surface area contributed by atoms with Crippen molar-refractivity contribution in [3.05, 3.63) is 57.6 Å². The number of carbonyl (C=O) groups is 1. The predicted molar refractivity (Wildman–Crippen MR) is 143 cm³/mol. The molecule has 0 unspecified atom stereocenters. The van der Waals surface area contributed by atoms with E-state index < -0.39 is 34.1 Å². The number of carbonyl (C=O) groups excluding carboxylic acids is 1. The summed E-state index contributed by atoms with van der Waals surface area (Å²) in [5.41, 5.74) is 2.49. The van der Waals surface area contributed by atoms with E-state index in [9.17, 15) is 41.3 Å². The highest BCUT2D eigenvalue weighted by Gasteiger charge is 2.39. The van der Waals surface area contributed by atoms with Gasteiger partial charge in [0.05, 0.1) is 16.6 Å². The van der Waals surface area contributed by atoms with Gasteiger partial charge >= 0.3 is 12.4 Å². The Labute approximate surface area is 237 Å². The van der Waals surface area contributed by atoms with Crippen LogP contribution >= 0.6 is 0 Å². The summed E-state index contributed by atoms with van der Waals surface area (Å²) < 4.78 is 85.0. The lowest BCUT2D eigenvalue weighted by molar-refractivity contribution is -0.388. The molecule has 9 nitrogen and oxygen atoms in total. The first-order chi connectivity index (χ1) is 19.7. The van der Waals surface area contributed by atoms with Crippen LogP contribution in [0.25, 0.3) is 0 Å². The van der Waals surface area contributed by atoms with E-state index in [0.717, 1.165) is 18.2 Å². The van der Waals surface area contributed by atoms with Crippen LogP contribution in [0.3, 0.4) is 0 Å². The summed E-state index contributed by atoms with van der Waals surface area (Å²) in [6.07, 6.45) is -6.08. The molecule has 0 radical (unpaired) electrons. The topological polar surface area (TPSA) is 123 Å². The van der Waals surface area contributed by atoms with Crippen LogP contribution in [-0.2, 0) is 21.9 Å². The van der Waals surface area contributed by atoms with Gasteiger partial charge in [-0.05, 0) is 68.9 Å². The average Bonchev–Trinajstić information content (AvgIpc) is 2.92. The Morgan fingerprint density at radius 1 is 0.929 bits per heavy atom. The van der Waals surface area contributed by atoms with Crippen molar-refractivity contribution in [3.8, 4) is 0 Å². The number of alkyl halides is 6. The van der Waals surface area contributed by atoms with E-state index in [0.29, 0.717) is 57.3 Å². The van der Waals surface area contributed by atoms with Gasteiger partial charge in [0.25, 0.3) is 5.69 Å². The summed E-state index contributed by atoms with van der Waals surface area (Å²) in [6.45, 7) is 0.556. The van der Waals surface area contributed by atoms with E-state index >= 15 is 0 Å². The van der Waals surface area contributed by atoms with Crippen LogP contribution < -0.4 is 21.3 Å². The SMILES string of the molecule is Nc1ccc(NC2CCC(OCC(=O)NC3CCN(c4ccc([N+](=O)[O-])c(C(F)(F)F)c4)CC3)CC2)cc1C(F)(F)F. The third kappa shape index (κ3) is 7.95. The lowest BCUT2D eigenvalue weighted by Gasteiger charge is -2.34. The van der Waals surface area contributed by atoms with Crippen molar-refractivity contribution in [1.29, 1.82) is 0 Å².